The number of nitrogens with zero attached hydrogens (tertiary/aromatic N) is 1. The zero-order chi connectivity index (χ0) is 30.6. The minimum absolute atomic E-state index is 0.202. The Kier molecular flexibility index (Phi) is 10.6. The Balaban J connectivity index is 2.70. The van der Waals surface area contributed by atoms with E-state index in [0.717, 1.165) is 27.9 Å². The summed E-state index contributed by atoms with van der Waals surface area (Å²) in [6.45, 7) is 22.8. The van der Waals surface area contributed by atoms with E-state index >= 15 is 0 Å². The van der Waals surface area contributed by atoms with Crippen LogP contribution in [0.15, 0.2) is 36.4 Å². The van der Waals surface area contributed by atoms with Crippen LogP contribution in [-0.2, 0) is 14.3 Å². The summed E-state index contributed by atoms with van der Waals surface area (Å²) in [5, 5.41) is 5.96. The summed E-state index contributed by atoms with van der Waals surface area (Å²) in [5.41, 5.74) is 3.81. The summed E-state index contributed by atoms with van der Waals surface area (Å²) in [4.78, 5) is 43.3. The zero-order valence-electron chi connectivity index (χ0n) is 26.5. The molecule has 2 rings (SSSR count). The lowest BCUT2D eigenvalue weighted by molar-refractivity contribution is -0.147. The second kappa shape index (κ2) is 12.9. The number of alkyl carbamates (subject to hydrolysis) is 1. The molecule has 0 radical (unpaired) electrons. The van der Waals surface area contributed by atoms with Gasteiger partial charge >= 0.3 is 6.09 Å². The maximum absolute atomic E-state index is 14.5. The summed E-state index contributed by atoms with van der Waals surface area (Å²) in [5.74, 6) is -0.856. The Labute approximate surface area is 241 Å². The molecule has 2 N–H and O–H groups in total. The molecular formula is C33H49N3O4. The smallest absolute Gasteiger partial charge is 0.408 e. The van der Waals surface area contributed by atoms with Crippen LogP contribution in [0.1, 0.15) is 95.7 Å². The van der Waals surface area contributed by atoms with Crippen LogP contribution in [0.25, 0.3) is 0 Å². The van der Waals surface area contributed by atoms with Gasteiger partial charge in [-0.2, -0.15) is 0 Å². The second-order valence-corrected chi connectivity index (χ2v) is 13.0. The molecule has 220 valence electrons. The molecular weight excluding hydrogens is 502 g/mol. The number of rotatable bonds is 8. The molecule has 0 aliphatic rings. The fourth-order valence-corrected chi connectivity index (χ4v) is 4.90. The molecule has 0 saturated heterocycles. The summed E-state index contributed by atoms with van der Waals surface area (Å²) >= 11 is 0. The highest BCUT2D eigenvalue weighted by molar-refractivity contribution is 6.00. The minimum atomic E-state index is -0.947. The van der Waals surface area contributed by atoms with Crippen LogP contribution in [0.2, 0.25) is 0 Å². The van der Waals surface area contributed by atoms with Crippen molar-refractivity contribution in [2.45, 2.75) is 113 Å². The van der Waals surface area contributed by atoms with E-state index in [9.17, 15) is 14.4 Å². The van der Waals surface area contributed by atoms with Gasteiger partial charge in [-0.05, 0) is 91.8 Å². The van der Waals surface area contributed by atoms with Gasteiger partial charge in [-0.15, -0.1) is 0 Å². The van der Waals surface area contributed by atoms with Crippen molar-refractivity contribution in [3.05, 3.63) is 64.2 Å². The van der Waals surface area contributed by atoms with Gasteiger partial charge in [0.25, 0.3) is 5.91 Å². The number of anilines is 1. The molecule has 2 aromatic rings. The Bertz CT molecular complexity index is 1180. The van der Waals surface area contributed by atoms with Crippen molar-refractivity contribution in [1.82, 2.24) is 10.2 Å². The monoisotopic (exact) mass is 551 g/mol. The van der Waals surface area contributed by atoms with Gasteiger partial charge in [-0.25, -0.2) is 4.79 Å². The lowest BCUT2D eigenvalue weighted by atomic mass is 9.90. The van der Waals surface area contributed by atoms with Crippen LogP contribution >= 0.6 is 0 Å². The molecule has 0 aliphatic carbocycles. The molecule has 0 spiro atoms. The predicted octanol–water partition coefficient (Wildman–Crippen LogP) is 7.17. The van der Waals surface area contributed by atoms with E-state index in [4.69, 9.17) is 4.74 Å². The van der Waals surface area contributed by atoms with Crippen molar-refractivity contribution in [1.29, 1.82) is 0 Å². The number of nitrogens with one attached hydrogen (secondary N) is 2. The quantitative estimate of drug-likeness (QED) is 0.364. The third-order valence-electron chi connectivity index (χ3n) is 6.91. The number of ether oxygens (including phenoxy) is 1. The van der Waals surface area contributed by atoms with Crippen molar-refractivity contribution in [2.24, 2.45) is 5.92 Å². The van der Waals surface area contributed by atoms with Gasteiger partial charge in [0.2, 0.25) is 5.91 Å². The van der Waals surface area contributed by atoms with Crippen molar-refractivity contribution in [3.8, 4) is 0 Å². The van der Waals surface area contributed by atoms with Gasteiger partial charge in [0.05, 0.1) is 0 Å². The Morgan fingerprint density at radius 1 is 0.900 bits per heavy atom. The van der Waals surface area contributed by atoms with E-state index in [-0.39, 0.29) is 17.7 Å². The molecule has 3 amide bonds. The van der Waals surface area contributed by atoms with Crippen LogP contribution in [0, 0.1) is 33.6 Å². The first-order valence-corrected chi connectivity index (χ1v) is 14.1. The predicted molar refractivity (Wildman–Crippen MR) is 162 cm³/mol. The van der Waals surface area contributed by atoms with Crippen LogP contribution in [0.4, 0.5) is 10.5 Å². The standard InChI is InChI=1S/C33H49N3O4/c1-13-22(4)27(35-31(39)40-33(10,11)12)30(38)36(32(7,8)9)28(25-18-20(2)17-21(3)19-25)29(37)34-26-23(5)15-14-16-24(26)6/h14-19,22,27-28H,13H2,1-12H3,(H,34,37)(H,35,39). The highest BCUT2D eigenvalue weighted by atomic mass is 16.6. The number of benzene rings is 2. The molecule has 7 heteroatoms. The number of hydrogen-bond acceptors (Lipinski definition) is 4. The molecule has 0 aromatic heterocycles. The van der Waals surface area contributed by atoms with Crippen LogP contribution in [0.5, 0.6) is 0 Å². The first-order valence-electron chi connectivity index (χ1n) is 14.1. The average Bonchev–Trinajstić information content (AvgIpc) is 2.79. The van der Waals surface area contributed by atoms with Crippen molar-refractivity contribution in [3.63, 3.8) is 0 Å². The molecule has 0 aliphatic heterocycles. The first-order chi connectivity index (χ1) is 18.4. The number of aryl methyl sites for hydroxylation is 4. The fourth-order valence-electron chi connectivity index (χ4n) is 4.90. The van der Waals surface area contributed by atoms with E-state index in [1.165, 1.54) is 0 Å². The SMILES string of the molecule is CCC(C)C(NC(=O)OC(C)(C)C)C(=O)N(C(C(=O)Nc1c(C)cccc1C)c1cc(C)cc(C)c1)C(C)(C)C. The van der Waals surface area contributed by atoms with Crippen molar-refractivity contribution < 1.29 is 19.1 Å². The Morgan fingerprint density at radius 2 is 1.43 bits per heavy atom. The number of para-hydroxylation sites is 1. The topological polar surface area (TPSA) is 87.7 Å². The van der Waals surface area contributed by atoms with E-state index in [0.29, 0.717) is 12.0 Å². The molecule has 3 atom stereocenters. The number of carbonyl (C=O) groups excluding carboxylic acids is 3. The summed E-state index contributed by atoms with van der Waals surface area (Å²) in [6.07, 6.45) is -0.0181. The van der Waals surface area contributed by atoms with E-state index in [1.54, 1.807) is 25.7 Å². The Morgan fingerprint density at radius 3 is 1.88 bits per heavy atom. The highest BCUT2D eigenvalue weighted by Crippen LogP contribution is 2.34. The van der Waals surface area contributed by atoms with Gasteiger partial charge in [-0.1, -0.05) is 67.8 Å². The fraction of sp³-hybridized carbons (Fsp3) is 0.545. The number of amides is 3. The molecule has 7 nitrogen and oxygen atoms in total. The lowest BCUT2D eigenvalue weighted by Crippen LogP contribution is -2.59. The number of hydrogen-bond donors (Lipinski definition) is 2. The zero-order valence-corrected chi connectivity index (χ0v) is 26.5. The van der Waals surface area contributed by atoms with Crippen molar-refractivity contribution in [2.75, 3.05) is 5.32 Å². The van der Waals surface area contributed by atoms with Gasteiger partial charge in [0.1, 0.15) is 17.7 Å². The Hall–Kier alpha value is -3.35. The number of carbonyl (C=O) groups is 3. The second-order valence-electron chi connectivity index (χ2n) is 13.0. The van der Waals surface area contributed by atoms with Crippen LogP contribution < -0.4 is 10.6 Å². The summed E-state index contributed by atoms with van der Waals surface area (Å²) in [6, 6.07) is 9.96. The molecule has 0 bridgehead atoms. The molecule has 0 heterocycles. The normalized spacial score (nSPS) is 14.1. The molecule has 2 aromatic carbocycles. The molecule has 40 heavy (non-hydrogen) atoms. The van der Waals surface area contributed by atoms with E-state index in [2.05, 4.69) is 10.6 Å². The summed E-state index contributed by atoms with van der Waals surface area (Å²) in [7, 11) is 0. The van der Waals surface area contributed by atoms with Crippen molar-refractivity contribution >= 4 is 23.6 Å². The molecule has 0 saturated carbocycles. The van der Waals surface area contributed by atoms with Crippen LogP contribution in [-0.4, -0.2) is 40.0 Å². The third kappa shape index (κ3) is 8.57. The summed E-state index contributed by atoms with van der Waals surface area (Å²) < 4.78 is 5.51. The maximum Gasteiger partial charge on any atom is 0.408 e. The van der Waals surface area contributed by atoms with Gasteiger partial charge < -0.3 is 20.3 Å². The first kappa shape index (κ1) is 32.9. The highest BCUT2D eigenvalue weighted by Gasteiger charge is 2.43. The minimum Gasteiger partial charge on any atom is -0.444 e. The van der Waals surface area contributed by atoms with Gasteiger partial charge in [0.15, 0.2) is 0 Å². The van der Waals surface area contributed by atoms with Gasteiger partial charge in [-0.3, -0.25) is 9.59 Å². The third-order valence-corrected chi connectivity index (χ3v) is 6.91. The molecule has 0 fully saturated rings. The van der Waals surface area contributed by atoms with Crippen LogP contribution in [0.3, 0.4) is 0 Å². The largest absolute Gasteiger partial charge is 0.444 e. The van der Waals surface area contributed by atoms with Gasteiger partial charge in [0, 0.05) is 11.2 Å². The van der Waals surface area contributed by atoms with E-state index in [1.807, 2.05) is 98.7 Å². The molecule has 3 unspecified atom stereocenters. The maximum atomic E-state index is 14.5. The lowest BCUT2D eigenvalue weighted by Gasteiger charge is -2.44. The van der Waals surface area contributed by atoms with E-state index < -0.39 is 29.3 Å². The average molecular weight is 552 g/mol.